The first kappa shape index (κ1) is 14.5. The van der Waals surface area contributed by atoms with Crippen LogP contribution >= 0.6 is 11.6 Å². The summed E-state index contributed by atoms with van der Waals surface area (Å²) >= 11 is 5.84. The van der Waals surface area contributed by atoms with Gasteiger partial charge in [0.1, 0.15) is 22.8 Å². The third-order valence-corrected chi connectivity index (χ3v) is 3.51. The molecule has 1 aromatic heterocycles. The fraction of sp³-hybridized carbons (Fsp3) is 0.118. The molecule has 0 spiro atoms. The van der Waals surface area contributed by atoms with Crippen molar-refractivity contribution in [1.82, 2.24) is 0 Å². The zero-order valence-electron chi connectivity index (χ0n) is 12.1. The lowest BCUT2D eigenvalue weighted by Gasteiger charge is -2.09. The van der Waals surface area contributed by atoms with Crippen LogP contribution in [-0.2, 0) is 0 Å². The average molecular weight is 317 g/mol. The van der Waals surface area contributed by atoms with E-state index in [4.69, 9.17) is 25.5 Å². The highest BCUT2D eigenvalue weighted by Gasteiger charge is 2.14. The number of rotatable bonds is 3. The second-order valence-corrected chi connectivity index (χ2v) is 5.17. The van der Waals surface area contributed by atoms with Gasteiger partial charge in [0.2, 0.25) is 11.2 Å². The Morgan fingerprint density at radius 3 is 2.41 bits per heavy atom. The lowest BCUT2D eigenvalue weighted by atomic mass is 10.2. The normalized spacial score (nSPS) is 10.7. The zero-order valence-corrected chi connectivity index (χ0v) is 12.8. The average Bonchev–Trinajstić information content (AvgIpc) is 2.52. The summed E-state index contributed by atoms with van der Waals surface area (Å²) in [6.45, 7) is 1.69. The third-order valence-electron chi connectivity index (χ3n) is 3.26. The lowest BCUT2D eigenvalue weighted by Crippen LogP contribution is -2.07. The molecular formula is C17H13ClO4. The number of ether oxygens (including phenoxy) is 2. The Bertz CT molecular complexity index is 882. The minimum absolute atomic E-state index is 0.167. The molecule has 0 bridgehead atoms. The molecule has 0 saturated heterocycles. The Labute approximate surface area is 131 Å². The lowest BCUT2D eigenvalue weighted by molar-refractivity contribution is 0.412. The van der Waals surface area contributed by atoms with Gasteiger partial charge in [-0.25, -0.2) is 0 Å². The topological polar surface area (TPSA) is 48.7 Å². The SMILES string of the molecule is COc1ccc2c(=O)c(Oc3ccc(Cl)cc3)c(C)oc2c1. The van der Waals surface area contributed by atoms with Crippen LogP contribution in [0.3, 0.4) is 0 Å². The summed E-state index contributed by atoms with van der Waals surface area (Å²) in [6, 6.07) is 11.8. The van der Waals surface area contributed by atoms with E-state index in [2.05, 4.69) is 0 Å². The first-order chi connectivity index (χ1) is 10.6. The van der Waals surface area contributed by atoms with Crippen molar-refractivity contribution in [3.8, 4) is 17.2 Å². The Morgan fingerprint density at radius 1 is 1.05 bits per heavy atom. The van der Waals surface area contributed by atoms with E-state index in [-0.39, 0.29) is 11.2 Å². The number of hydrogen-bond acceptors (Lipinski definition) is 4. The molecule has 1 heterocycles. The number of fused-ring (bicyclic) bond motifs is 1. The summed E-state index contributed by atoms with van der Waals surface area (Å²) in [7, 11) is 1.56. The quantitative estimate of drug-likeness (QED) is 0.711. The standard InChI is InChI=1S/C17H13ClO4/c1-10-17(22-12-5-3-11(18)4-6-12)16(19)14-8-7-13(20-2)9-15(14)21-10/h3-9H,1-2H3. The number of halogens is 1. The van der Waals surface area contributed by atoms with E-state index in [0.717, 1.165) is 0 Å². The molecular weight excluding hydrogens is 304 g/mol. The van der Waals surface area contributed by atoms with Crippen LogP contribution in [-0.4, -0.2) is 7.11 Å². The Kier molecular flexibility index (Phi) is 3.77. The monoisotopic (exact) mass is 316 g/mol. The summed E-state index contributed by atoms with van der Waals surface area (Å²) in [4.78, 5) is 12.6. The van der Waals surface area contributed by atoms with Gasteiger partial charge in [0, 0.05) is 11.1 Å². The van der Waals surface area contributed by atoms with E-state index < -0.39 is 0 Å². The maximum Gasteiger partial charge on any atom is 0.235 e. The molecule has 0 unspecified atom stereocenters. The Balaban J connectivity index is 2.10. The molecule has 0 saturated carbocycles. The van der Waals surface area contributed by atoms with Crippen molar-refractivity contribution in [2.75, 3.05) is 7.11 Å². The highest BCUT2D eigenvalue weighted by atomic mass is 35.5. The Morgan fingerprint density at radius 2 is 1.73 bits per heavy atom. The van der Waals surface area contributed by atoms with Crippen LogP contribution in [0.2, 0.25) is 5.02 Å². The largest absolute Gasteiger partial charge is 0.497 e. The van der Waals surface area contributed by atoms with Gasteiger partial charge >= 0.3 is 0 Å². The molecule has 0 radical (unpaired) electrons. The van der Waals surface area contributed by atoms with Gasteiger partial charge in [0.05, 0.1) is 12.5 Å². The number of hydrogen-bond donors (Lipinski definition) is 0. The molecule has 3 aromatic rings. The third kappa shape index (κ3) is 2.65. The fourth-order valence-electron chi connectivity index (χ4n) is 2.13. The number of benzene rings is 2. The first-order valence-electron chi connectivity index (χ1n) is 6.63. The van der Waals surface area contributed by atoms with Crippen LogP contribution < -0.4 is 14.9 Å². The van der Waals surface area contributed by atoms with Crippen molar-refractivity contribution < 1.29 is 13.9 Å². The van der Waals surface area contributed by atoms with Gasteiger partial charge < -0.3 is 13.9 Å². The summed E-state index contributed by atoms with van der Waals surface area (Å²) in [6.07, 6.45) is 0. The Hall–Kier alpha value is -2.46. The van der Waals surface area contributed by atoms with Crippen LogP contribution in [0.4, 0.5) is 0 Å². The van der Waals surface area contributed by atoms with Gasteiger partial charge in [-0.1, -0.05) is 11.6 Å². The van der Waals surface area contributed by atoms with Gasteiger partial charge in [0.25, 0.3) is 0 Å². The molecule has 112 valence electrons. The molecule has 5 heteroatoms. The van der Waals surface area contributed by atoms with Crippen LogP contribution in [0.15, 0.2) is 51.7 Å². The van der Waals surface area contributed by atoms with Gasteiger partial charge in [-0.3, -0.25) is 4.79 Å². The predicted molar refractivity (Wildman–Crippen MR) is 85.3 cm³/mol. The van der Waals surface area contributed by atoms with E-state index in [1.807, 2.05) is 0 Å². The molecule has 0 fully saturated rings. The number of methoxy groups -OCH3 is 1. The van der Waals surface area contributed by atoms with Crippen LogP contribution in [0.25, 0.3) is 11.0 Å². The predicted octanol–water partition coefficient (Wildman–Crippen LogP) is 4.56. The smallest absolute Gasteiger partial charge is 0.235 e. The van der Waals surface area contributed by atoms with Gasteiger partial charge in [-0.05, 0) is 43.3 Å². The highest BCUT2D eigenvalue weighted by molar-refractivity contribution is 6.30. The van der Waals surface area contributed by atoms with Crippen molar-refractivity contribution in [2.45, 2.75) is 6.92 Å². The molecule has 4 nitrogen and oxygen atoms in total. The van der Waals surface area contributed by atoms with Crippen molar-refractivity contribution in [2.24, 2.45) is 0 Å². The van der Waals surface area contributed by atoms with Gasteiger partial charge in [-0.2, -0.15) is 0 Å². The van der Waals surface area contributed by atoms with Crippen molar-refractivity contribution in [3.63, 3.8) is 0 Å². The second-order valence-electron chi connectivity index (χ2n) is 4.73. The number of aryl methyl sites for hydroxylation is 1. The van der Waals surface area contributed by atoms with Gasteiger partial charge in [0.15, 0.2) is 0 Å². The van der Waals surface area contributed by atoms with Crippen LogP contribution in [0, 0.1) is 6.92 Å². The minimum Gasteiger partial charge on any atom is -0.497 e. The van der Waals surface area contributed by atoms with Gasteiger partial charge in [-0.15, -0.1) is 0 Å². The van der Waals surface area contributed by atoms with Crippen LogP contribution in [0.5, 0.6) is 17.2 Å². The highest BCUT2D eigenvalue weighted by Crippen LogP contribution is 2.27. The van der Waals surface area contributed by atoms with E-state index >= 15 is 0 Å². The van der Waals surface area contributed by atoms with Crippen molar-refractivity contribution in [3.05, 3.63) is 63.5 Å². The summed E-state index contributed by atoms with van der Waals surface area (Å²) in [5.41, 5.74) is 0.238. The first-order valence-corrected chi connectivity index (χ1v) is 7.01. The molecule has 0 atom stereocenters. The molecule has 2 aromatic carbocycles. The summed E-state index contributed by atoms with van der Waals surface area (Å²) in [5.74, 6) is 1.72. The second kappa shape index (κ2) is 5.73. The van der Waals surface area contributed by atoms with Crippen LogP contribution in [0.1, 0.15) is 5.76 Å². The molecule has 0 N–H and O–H groups in total. The van der Waals surface area contributed by atoms with Crippen molar-refractivity contribution >= 4 is 22.6 Å². The van der Waals surface area contributed by atoms with E-state index in [9.17, 15) is 4.79 Å². The molecule has 0 aliphatic carbocycles. The maximum absolute atomic E-state index is 12.6. The van der Waals surface area contributed by atoms with Crippen molar-refractivity contribution in [1.29, 1.82) is 0 Å². The van der Waals surface area contributed by atoms with E-state index in [0.29, 0.717) is 33.3 Å². The molecule has 0 amide bonds. The zero-order chi connectivity index (χ0) is 15.7. The molecule has 3 rings (SSSR count). The van der Waals surface area contributed by atoms with E-state index in [1.165, 1.54) is 0 Å². The molecule has 22 heavy (non-hydrogen) atoms. The summed E-state index contributed by atoms with van der Waals surface area (Å²) < 4.78 is 16.5. The summed E-state index contributed by atoms with van der Waals surface area (Å²) in [5, 5.41) is 1.04. The maximum atomic E-state index is 12.6. The molecule has 0 aliphatic heterocycles. The fourth-order valence-corrected chi connectivity index (χ4v) is 2.26. The molecule has 0 aliphatic rings. The van der Waals surface area contributed by atoms with E-state index in [1.54, 1.807) is 56.5 Å². The minimum atomic E-state index is -0.226.